The number of carbonyl (C=O) groups is 4. The molecule has 5 aromatic rings. The van der Waals surface area contributed by atoms with Crippen LogP contribution in [0.25, 0.3) is 12.2 Å². The Bertz CT molecular complexity index is 2500. The lowest BCUT2D eigenvalue weighted by Gasteiger charge is -2.32. The Labute approximate surface area is 403 Å². The van der Waals surface area contributed by atoms with Gasteiger partial charge in [-0.25, -0.2) is 19.6 Å². The standard InChI is InChI=1S/C53H60N6O10/c1-64-52(62)46-14-7-12-44(55-46)38-57-25-29-66-33-35-68-31-27-58(28-32-69-36-34-67-30-26-57)50(45-13-8-15-47(56-45)53(63)65-2)41-19-21-42(22-20-41)51(61)54-24-23-49(60)59-37-43-11-4-3-9-39(43)17-18-40-10-5-6-16-48(40)59/h3-22,50H,23-38H2,1-2H3,(H,54,61)/b18-17-. The van der Waals surface area contributed by atoms with Gasteiger partial charge in [0.2, 0.25) is 5.91 Å². The molecule has 4 heterocycles. The number of hydrogen-bond donors (Lipinski definition) is 1. The van der Waals surface area contributed by atoms with E-state index < -0.39 is 18.0 Å². The van der Waals surface area contributed by atoms with Crippen molar-refractivity contribution in [3.8, 4) is 0 Å². The van der Waals surface area contributed by atoms with Gasteiger partial charge in [0.25, 0.3) is 5.91 Å². The molecule has 0 bridgehead atoms. The number of esters is 2. The summed E-state index contributed by atoms with van der Waals surface area (Å²) in [5.74, 6) is -1.45. The second kappa shape index (κ2) is 26.2. The summed E-state index contributed by atoms with van der Waals surface area (Å²) in [4.78, 5) is 67.4. The highest BCUT2D eigenvalue weighted by Crippen LogP contribution is 2.30. The van der Waals surface area contributed by atoms with Gasteiger partial charge in [0.1, 0.15) is 11.4 Å². The first-order valence-electron chi connectivity index (χ1n) is 23.2. The maximum Gasteiger partial charge on any atom is 0.356 e. The average Bonchev–Trinajstić information content (AvgIpc) is 3.37. The first-order chi connectivity index (χ1) is 33.8. The van der Waals surface area contributed by atoms with Crippen molar-refractivity contribution in [2.24, 2.45) is 0 Å². The van der Waals surface area contributed by atoms with Crippen LogP contribution in [0.2, 0.25) is 0 Å². The van der Waals surface area contributed by atoms with Gasteiger partial charge < -0.3 is 38.6 Å². The third kappa shape index (κ3) is 14.4. The maximum absolute atomic E-state index is 13.8. The van der Waals surface area contributed by atoms with Crippen LogP contribution < -0.4 is 10.2 Å². The molecule has 2 amide bonds. The highest BCUT2D eigenvalue weighted by molar-refractivity contribution is 5.98. The number of ether oxygens (including phenoxy) is 6. The van der Waals surface area contributed by atoms with Crippen LogP contribution in [0.5, 0.6) is 0 Å². The lowest BCUT2D eigenvalue weighted by molar-refractivity contribution is -0.118. The number of methoxy groups -OCH3 is 2. The normalized spacial score (nSPS) is 16.8. The van der Waals surface area contributed by atoms with E-state index >= 15 is 0 Å². The second-order valence-electron chi connectivity index (χ2n) is 16.3. The molecular weight excluding hydrogens is 881 g/mol. The topological polar surface area (TPSA) is 171 Å². The van der Waals surface area contributed by atoms with E-state index in [0.717, 1.165) is 33.6 Å². The molecule has 2 aliphatic heterocycles. The molecule has 2 aromatic heterocycles. The summed E-state index contributed by atoms with van der Waals surface area (Å²) in [6.07, 6.45) is 4.21. The van der Waals surface area contributed by atoms with Gasteiger partial charge in [0.05, 0.1) is 96.7 Å². The summed E-state index contributed by atoms with van der Waals surface area (Å²) in [6, 6.07) is 33.2. The fourth-order valence-corrected chi connectivity index (χ4v) is 8.15. The van der Waals surface area contributed by atoms with Crippen molar-refractivity contribution in [1.29, 1.82) is 0 Å². The Balaban J connectivity index is 0.994. The third-order valence-corrected chi connectivity index (χ3v) is 11.8. The number of nitrogens with one attached hydrogen (secondary N) is 1. The molecule has 0 radical (unpaired) electrons. The van der Waals surface area contributed by atoms with Crippen molar-refractivity contribution in [2.75, 3.05) is 105 Å². The van der Waals surface area contributed by atoms with Crippen LogP contribution in [0, 0.1) is 0 Å². The van der Waals surface area contributed by atoms with Crippen LogP contribution in [0.15, 0.2) is 109 Å². The second-order valence-corrected chi connectivity index (χ2v) is 16.3. The molecule has 0 aliphatic carbocycles. The minimum absolute atomic E-state index is 0.0995. The zero-order valence-corrected chi connectivity index (χ0v) is 39.3. The van der Waals surface area contributed by atoms with Gasteiger partial charge in [-0.15, -0.1) is 0 Å². The van der Waals surface area contributed by atoms with Gasteiger partial charge in [0.15, 0.2) is 0 Å². The Morgan fingerprint density at radius 3 is 1.87 bits per heavy atom. The number of anilines is 1. The van der Waals surface area contributed by atoms with Gasteiger partial charge in [-0.1, -0.05) is 78.9 Å². The first kappa shape index (κ1) is 50.2. The van der Waals surface area contributed by atoms with Crippen molar-refractivity contribution in [2.45, 2.75) is 25.6 Å². The molecule has 1 saturated heterocycles. The number of nitrogens with zero attached hydrogens (tertiary/aromatic N) is 5. The average molecular weight is 941 g/mol. The smallest absolute Gasteiger partial charge is 0.356 e. The Morgan fingerprint density at radius 2 is 1.20 bits per heavy atom. The van der Waals surface area contributed by atoms with Gasteiger partial charge in [-0.2, -0.15) is 0 Å². The summed E-state index contributed by atoms with van der Waals surface area (Å²) < 4.78 is 34.0. The number of benzene rings is 3. The molecule has 0 spiro atoms. The highest BCUT2D eigenvalue weighted by Gasteiger charge is 2.26. The van der Waals surface area contributed by atoms with Crippen LogP contribution in [0.3, 0.4) is 0 Å². The fourth-order valence-electron chi connectivity index (χ4n) is 8.15. The molecular formula is C53H60N6O10. The fraction of sp³-hybridized carbons (Fsp3) is 0.358. The Hall–Kier alpha value is -6.66. The minimum Gasteiger partial charge on any atom is -0.464 e. The van der Waals surface area contributed by atoms with Crippen LogP contribution in [0.4, 0.5) is 5.69 Å². The molecule has 3 aromatic carbocycles. The molecule has 0 saturated carbocycles. The van der Waals surface area contributed by atoms with E-state index in [-0.39, 0.29) is 36.2 Å². The summed E-state index contributed by atoms with van der Waals surface area (Å²) in [6.45, 7) is 6.35. The molecule has 16 nitrogen and oxygen atoms in total. The zero-order chi connectivity index (χ0) is 48.2. The minimum atomic E-state index is -0.558. The quantitative estimate of drug-likeness (QED) is 0.156. The number of amides is 2. The van der Waals surface area contributed by atoms with Crippen molar-refractivity contribution >= 4 is 41.6 Å². The van der Waals surface area contributed by atoms with E-state index in [1.165, 1.54) is 14.2 Å². The summed E-state index contributed by atoms with van der Waals surface area (Å²) in [5.41, 5.74) is 6.87. The van der Waals surface area contributed by atoms with Gasteiger partial charge in [-0.05, 0) is 64.7 Å². The number of para-hydroxylation sites is 1. The van der Waals surface area contributed by atoms with E-state index in [4.69, 9.17) is 33.4 Å². The lowest BCUT2D eigenvalue weighted by Crippen LogP contribution is -2.37. The van der Waals surface area contributed by atoms with E-state index in [1.54, 1.807) is 41.3 Å². The number of rotatable bonds is 11. The number of hydrogen-bond acceptors (Lipinski definition) is 14. The van der Waals surface area contributed by atoms with Crippen LogP contribution in [-0.4, -0.2) is 143 Å². The molecule has 362 valence electrons. The number of aromatic nitrogens is 2. The molecule has 1 N–H and O–H groups in total. The van der Waals surface area contributed by atoms with Crippen LogP contribution >= 0.6 is 0 Å². The zero-order valence-electron chi connectivity index (χ0n) is 39.3. The Morgan fingerprint density at radius 1 is 0.623 bits per heavy atom. The summed E-state index contributed by atoms with van der Waals surface area (Å²) >= 11 is 0. The van der Waals surface area contributed by atoms with Crippen LogP contribution in [-0.2, 0) is 46.3 Å². The van der Waals surface area contributed by atoms with E-state index in [0.29, 0.717) is 103 Å². The van der Waals surface area contributed by atoms with Crippen molar-refractivity contribution in [3.63, 3.8) is 0 Å². The van der Waals surface area contributed by atoms with Gasteiger partial charge in [0, 0.05) is 51.3 Å². The van der Waals surface area contributed by atoms with Crippen molar-refractivity contribution in [1.82, 2.24) is 25.1 Å². The van der Waals surface area contributed by atoms with Crippen LogP contribution in [0.1, 0.15) is 77.4 Å². The molecule has 1 atom stereocenters. The predicted molar refractivity (Wildman–Crippen MR) is 260 cm³/mol. The van der Waals surface area contributed by atoms with Crippen molar-refractivity contribution in [3.05, 3.63) is 160 Å². The summed E-state index contributed by atoms with van der Waals surface area (Å²) in [7, 11) is 2.65. The first-order valence-corrected chi connectivity index (χ1v) is 23.2. The molecule has 1 fully saturated rings. The SMILES string of the molecule is COC(=O)c1cccc(CN2CCOCCOCCN(C(c3ccc(C(=O)NCCC(=O)N4Cc5ccccc5/C=C\c5ccccc54)cc3)c3cccc(C(=O)OC)n3)CCOCCOCC2)n1. The number of fused-ring (bicyclic) bond motifs is 2. The van der Waals surface area contributed by atoms with Gasteiger partial charge in [-0.3, -0.25) is 19.4 Å². The van der Waals surface area contributed by atoms with E-state index in [9.17, 15) is 19.2 Å². The predicted octanol–water partition coefficient (Wildman–Crippen LogP) is 5.86. The van der Waals surface area contributed by atoms with Crippen molar-refractivity contribution < 1.29 is 47.6 Å². The van der Waals surface area contributed by atoms with E-state index in [2.05, 4.69) is 26.2 Å². The molecule has 2 aliphatic rings. The molecule has 7 rings (SSSR count). The molecule has 16 heteroatoms. The van der Waals surface area contributed by atoms with E-state index in [1.807, 2.05) is 78.9 Å². The maximum atomic E-state index is 13.8. The monoisotopic (exact) mass is 940 g/mol. The lowest BCUT2D eigenvalue weighted by atomic mass is 9.99. The highest BCUT2D eigenvalue weighted by atomic mass is 16.5. The Kier molecular flexibility index (Phi) is 19.1. The number of carbonyl (C=O) groups excluding carboxylic acids is 4. The number of pyridine rings is 2. The summed E-state index contributed by atoms with van der Waals surface area (Å²) in [5, 5.41) is 2.95. The van der Waals surface area contributed by atoms with Gasteiger partial charge >= 0.3 is 11.9 Å². The third-order valence-electron chi connectivity index (χ3n) is 11.8. The molecule has 1 unspecified atom stereocenters. The largest absolute Gasteiger partial charge is 0.464 e. The molecule has 69 heavy (non-hydrogen) atoms.